The molecule has 5 rings (SSSR count). The molecule has 9 nitrogen and oxygen atoms in total. The van der Waals surface area contributed by atoms with Crippen molar-refractivity contribution in [2.75, 3.05) is 16.9 Å². The maximum absolute atomic E-state index is 12.5. The highest BCUT2D eigenvalue weighted by Gasteiger charge is 2.44. The van der Waals surface area contributed by atoms with Crippen LogP contribution in [-0.2, 0) is 11.4 Å². The highest BCUT2D eigenvalue weighted by molar-refractivity contribution is 7.99. The van der Waals surface area contributed by atoms with Crippen LogP contribution in [0, 0.1) is 0 Å². The molecule has 1 spiro atoms. The Morgan fingerprint density at radius 3 is 2.63 bits per heavy atom. The Kier molecular flexibility index (Phi) is 6.46. The zero-order valence-corrected chi connectivity index (χ0v) is 20.6. The van der Waals surface area contributed by atoms with Crippen molar-refractivity contribution in [2.24, 2.45) is 0 Å². The van der Waals surface area contributed by atoms with Crippen molar-refractivity contribution in [3.63, 3.8) is 0 Å². The summed E-state index contributed by atoms with van der Waals surface area (Å²) in [5.74, 6) is 8.59. The Hall–Kier alpha value is -3.40. The molecule has 1 saturated carbocycles. The normalized spacial score (nSPS) is 15.6. The number of carbonyl (C=O) groups is 1. The Balaban J connectivity index is 1.12. The molecule has 0 radical (unpaired) electrons. The van der Waals surface area contributed by atoms with Crippen molar-refractivity contribution in [3.8, 4) is 17.2 Å². The highest BCUT2D eigenvalue weighted by Crippen LogP contribution is 2.47. The van der Waals surface area contributed by atoms with Crippen LogP contribution in [0.5, 0.6) is 17.2 Å². The van der Waals surface area contributed by atoms with Gasteiger partial charge in [-0.25, -0.2) is 4.68 Å². The first kappa shape index (κ1) is 23.3. The number of nitrogen functional groups attached to an aromatic ring is 1. The lowest BCUT2D eigenvalue weighted by Crippen LogP contribution is -2.34. The van der Waals surface area contributed by atoms with Gasteiger partial charge in [-0.1, -0.05) is 37.7 Å². The van der Waals surface area contributed by atoms with Crippen molar-refractivity contribution >= 4 is 23.4 Å². The smallest absolute Gasteiger partial charge is 0.251 e. The average molecular weight is 496 g/mol. The Morgan fingerprint density at radius 1 is 1.14 bits per heavy atom. The molecule has 1 aromatic heterocycles. The monoisotopic (exact) mass is 495 g/mol. The minimum Gasteiger partial charge on any atom is -0.486 e. The van der Waals surface area contributed by atoms with Crippen molar-refractivity contribution in [3.05, 3.63) is 53.9 Å². The van der Waals surface area contributed by atoms with Gasteiger partial charge in [-0.2, -0.15) is 0 Å². The zero-order chi connectivity index (χ0) is 24.4. The number of thioether (sulfide) groups is 1. The molecular weight excluding hydrogens is 466 g/mol. The van der Waals surface area contributed by atoms with Crippen LogP contribution in [0.25, 0.3) is 0 Å². The maximum Gasteiger partial charge on any atom is 0.251 e. The van der Waals surface area contributed by atoms with E-state index in [1.165, 1.54) is 22.0 Å². The maximum atomic E-state index is 12.5. The summed E-state index contributed by atoms with van der Waals surface area (Å²) in [5, 5.41) is 11.5. The Labute approximate surface area is 208 Å². The molecule has 3 aromatic rings. The van der Waals surface area contributed by atoms with Gasteiger partial charge in [0.2, 0.25) is 11.1 Å². The molecule has 0 bridgehead atoms. The molecule has 1 fully saturated rings. The van der Waals surface area contributed by atoms with E-state index in [1.807, 2.05) is 36.4 Å². The van der Waals surface area contributed by atoms with Crippen LogP contribution in [-0.4, -0.2) is 32.3 Å². The van der Waals surface area contributed by atoms with Gasteiger partial charge in [0, 0.05) is 24.6 Å². The van der Waals surface area contributed by atoms with Crippen molar-refractivity contribution in [2.45, 2.75) is 63.0 Å². The third-order valence-corrected chi connectivity index (χ3v) is 7.11. The standard InChI is InChI=1S/C25H29N5O4S/c1-16(2)17-5-8-19(9-6-17)32-14-22-28-29-24(30(22)26)35-15-23(31)27-18-7-10-20-21(13-18)34-25(33-20)11-3-4-12-25/h5-10,13,16H,3-4,11-12,14-15,26H2,1-2H3,(H,27,31). The van der Waals surface area contributed by atoms with Gasteiger partial charge >= 0.3 is 0 Å². The molecule has 2 aliphatic rings. The summed E-state index contributed by atoms with van der Waals surface area (Å²) in [6, 6.07) is 13.4. The number of rotatable bonds is 8. The quantitative estimate of drug-likeness (QED) is 0.348. The number of ether oxygens (including phenoxy) is 3. The second kappa shape index (κ2) is 9.69. The number of amides is 1. The molecule has 0 saturated heterocycles. The number of hydrogen-bond donors (Lipinski definition) is 2. The summed E-state index contributed by atoms with van der Waals surface area (Å²) < 4.78 is 19.2. The molecule has 35 heavy (non-hydrogen) atoms. The van der Waals surface area contributed by atoms with Gasteiger partial charge in [0.05, 0.1) is 5.75 Å². The van der Waals surface area contributed by atoms with Gasteiger partial charge in [0.1, 0.15) is 12.4 Å². The topological polar surface area (TPSA) is 114 Å². The number of carbonyl (C=O) groups excluding carboxylic acids is 1. The van der Waals surface area contributed by atoms with Gasteiger partial charge in [-0.05, 0) is 48.6 Å². The van der Waals surface area contributed by atoms with Crippen LogP contribution in [0.4, 0.5) is 5.69 Å². The molecule has 2 heterocycles. The zero-order valence-electron chi connectivity index (χ0n) is 19.8. The lowest BCUT2D eigenvalue weighted by Gasteiger charge is -2.21. The van der Waals surface area contributed by atoms with Gasteiger partial charge < -0.3 is 25.4 Å². The molecule has 1 aliphatic heterocycles. The summed E-state index contributed by atoms with van der Waals surface area (Å²) >= 11 is 1.20. The first-order chi connectivity index (χ1) is 16.9. The summed E-state index contributed by atoms with van der Waals surface area (Å²) in [5.41, 5.74) is 1.90. The largest absolute Gasteiger partial charge is 0.486 e. The average Bonchev–Trinajstić information content (AvgIpc) is 3.55. The van der Waals surface area contributed by atoms with E-state index in [4.69, 9.17) is 20.1 Å². The van der Waals surface area contributed by atoms with Crippen LogP contribution in [0.3, 0.4) is 0 Å². The fourth-order valence-electron chi connectivity index (χ4n) is 4.22. The van der Waals surface area contributed by atoms with Gasteiger partial charge in [0.15, 0.2) is 17.3 Å². The molecule has 3 N–H and O–H groups in total. The SMILES string of the molecule is CC(C)c1ccc(OCc2nnc(SCC(=O)Nc3ccc4c(c3)OC3(CCCC3)O4)n2N)cc1. The molecular formula is C25H29N5O4S. The summed E-state index contributed by atoms with van der Waals surface area (Å²) in [4.78, 5) is 12.5. The summed E-state index contributed by atoms with van der Waals surface area (Å²) in [6.07, 6.45) is 3.97. The number of anilines is 1. The Morgan fingerprint density at radius 2 is 1.89 bits per heavy atom. The van der Waals surface area contributed by atoms with E-state index < -0.39 is 5.79 Å². The number of fused-ring (bicyclic) bond motifs is 1. The predicted molar refractivity (Wildman–Crippen MR) is 133 cm³/mol. The number of hydrogen-bond acceptors (Lipinski definition) is 8. The number of aromatic nitrogens is 3. The third-order valence-electron chi connectivity index (χ3n) is 6.17. The van der Waals surface area contributed by atoms with Crippen LogP contribution in [0.15, 0.2) is 47.6 Å². The molecule has 1 aliphatic carbocycles. The number of nitrogens with two attached hydrogens (primary N) is 1. The molecule has 184 valence electrons. The second-order valence-corrected chi connectivity index (χ2v) is 10.0. The fourth-order valence-corrected chi connectivity index (χ4v) is 4.89. The summed E-state index contributed by atoms with van der Waals surface area (Å²) in [7, 11) is 0. The highest BCUT2D eigenvalue weighted by atomic mass is 32.2. The first-order valence-electron chi connectivity index (χ1n) is 11.8. The molecule has 10 heteroatoms. The van der Waals surface area contributed by atoms with E-state index in [2.05, 4.69) is 29.4 Å². The van der Waals surface area contributed by atoms with E-state index in [1.54, 1.807) is 6.07 Å². The number of nitrogens with zero attached hydrogens (tertiary/aromatic N) is 3. The lowest BCUT2D eigenvalue weighted by molar-refractivity contribution is -0.113. The van der Waals surface area contributed by atoms with E-state index in [-0.39, 0.29) is 18.3 Å². The van der Waals surface area contributed by atoms with Gasteiger partial charge in [0.25, 0.3) is 5.79 Å². The number of benzene rings is 2. The van der Waals surface area contributed by atoms with Gasteiger partial charge in [-0.3, -0.25) is 4.79 Å². The molecule has 0 unspecified atom stereocenters. The number of nitrogens with one attached hydrogen (secondary N) is 1. The lowest BCUT2D eigenvalue weighted by atomic mass is 10.0. The first-order valence-corrected chi connectivity index (χ1v) is 12.8. The predicted octanol–water partition coefficient (Wildman–Crippen LogP) is 4.47. The van der Waals surface area contributed by atoms with E-state index in [0.29, 0.717) is 28.3 Å². The third kappa shape index (κ3) is 5.17. The minimum absolute atomic E-state index is 0.130. The van der Waals surface area contributed by atoms with E-state index in [9.17, 15) is 4.79 Å². The van der Waals surface area contributed by atoms with E-state index >= 15 is 0 Å². The van der Waals surface area contributed by atoms with Crippen LogP contribution >= 0.6 is 11.8 Å². The van der Waals surface area contributed by atoms with Crippen LogP contribution in [0.2, 0.25) is 0 Å². The van der Waals surface area contributed by atoms with Gasteiger partial charge in [-0.15, -0.1) is 10.2 Å². The second-order valence-electron chi connectivity index (χ2n) is 9.10. The minimum atomic E-state index is -0.523. The van der Waals surface area contributed by atoms with Crippen LogP contribution < -0.4 is 25.4 Å². The molecule has 1 amide bonds. The molecule has 0 atom stereocenters. The van der Waals surface area contributed by atoms with Crippen molar-refractivity contribution < 1.29 is 19.0 Å². The van der Waals surface area contributed by atoms with E-state index in [0.717, 1.165) is 37.2 Å². The van der Waals surface area contributed by atoms with Crippen molar-refractivity contribution in [1.29, 1.82) is 0 Å². The summed E-state index contributed by atoms with van der Waals surface area (Å²) in [6.45, 7) is 4.47. The Bertz CT molecular complexity index is 1210. The van der Waals surface area contributed by atoms with Crippen molar-refractivity contribution in [1.82, 2.24) is 14.9 Å². The molecule has 2 aromatic carbocycles. The van der Waals surface area contributed by atoms with Crippen LogP contribution in [0.1, 0.15) is 56.8 Å². The fraction of sp³-hybridized carbons (Fsp3) is 0.400.